The van der Waals surface area contributed by atoms with Gasteiger partial charge in [-0.15, -0.1) is 0 Å². The highest BCUT2D eigenvalue weighted by atomic mass is 16.6. The zero-order valence-corrected chi connectivity index (χ0v) is 19.4. The van der Waals surface area contributed by atoms with Crippen LogP contribution in [0.1, 0.15) is 13.8 Å². The third-order valence-corrected chi connectivity index (χ3v) is 4.44. The van der Waals surface area contributed by atoms with Crippen molar-refractivity contribution in [1.82, 2.24) is 0 Å². The Kier molecular flexibility index (Phi) is 10.3. The van der Waals surface area contributed by atoms with Crippen LogP contribution in [0.25, 0.3) is 11.1 Å². The van der Waals surface area contributed by atoms with E-state index in [9.17, 15) is 19.8 Å². The van der Waals surface area contributed by atoms with E-state index in [2.05, 4.69) is 13.2 Å². The maximum absolute atomic E-state index is 11.5. The van der Waals surface area contributed by atoms with Gasteiger partial charge in [0, 0.05) is 22.3 Å². The van der Waals surface area contributed by atoms with Gasteiger partial charge < -0.3 is 29.2 Å². The first kappa shape index (κ1) is 26.6. The molecule has 0 aliphatic carbocycles. The molecule has 0 radical (unpaired) electrons. The average Bonchev–Trinajstić information content (AvgIpc) is 2.83. The molecule has 0 heterocycles. The molecule has 0 saturated carbocycles. The van der Waals surface area contributed by atoms with Gasteiger partial charge in [0.1, 0.15) is 50.1 Å². The van der Waals surface area contributed by atoms with Gasteiger partial charge in [0.2, 0.25) is 0 Å². The van der Waals surface area contributed by atoms with E-state index < -0.39 is 24.1 Å². The van der Waals surface area contributed by atoms with Crippen LogP contribution in [0.3, 0.4) is 0 Å². The number of aliphatic hydroxyl groups excluding tert-OH is 2. The molecule has 8 heteroatoms. The Morgan fingerprint density at radius 1 is 0.706 bits per heavy atom. The van der Waals surface area contributed by atoms with Crippen LogP contribution in [-0.4, -0.2) is 60.8 Å². The van der Waals surface area contributed by atoms with Gasteiger partial charge in [0.05, 0.1) is 0 Å². The fourth-order valence-corrected chi connectivity index (χ4v) is 2.69. The monoisotopic (exact) mass is 470 g/mol. The summed E-state index contributed by atoms with van der Waals surface area (Å²) in [6.07, 6.45) is -2.06. The maximum atomic E-state index is 11.5. The zero-order valence-electron chi connectivity index (χ0n) is 19.4. The van der Waals surface area contributed by atoms with E-state index in [0.717, 1.165) is 0 Å². The molecule has 2 aromatic rings. The third-order valence-electron chi connectivity index (χ3n) is 4.44. The summed E-state index contributed by atoms with van der Waals surface area (Å²) in [5.41, 5.74) is 1.89. The normalized spacial score (nSPS) is 12.2. The zero-order chi connectivity index (χ0) is 25.1. The molecule has 0 fully saturated rings. The number of hydrogen-bond acceptors (Lipinski definition) is 8. The van der Waals surface area contributed by atoms with Gasteiger partial charge in [-0.25, -0.2) is 9.59 Å². The first-order valence-electron chi connectivity index (χ1n) is 10.6. The molecule has 0 aliphatic rings. The molecule has 0 spiro atoms. The van der Waals surface area contributed by atoms with E-state index in [1.54, 1.807) is 24.3 Å². The number of aliphatic hydroxyl groups is 2. The average molecular weight is 471 g/mol. The highest BCUT2D eigenvalue weighted by molar-refractivity contribution is 5.87. The summed E-state index contributed by atoms with van der Waals surface area (Å²) in [7, 11) is 0. The van der Waals surface area contributed by atoms with Crippen LogP contribution in [-0.2, 0) is 19.1 Å². The third kappa shape index (κ3) is 8.38. The van der Waals surface area contributed by atoms with Crippen molar-refractivity contribution in [3.63, 3.8) is 0 Å². The van der Waals surface area contributed by atoms with Crippen molar-refractivity contribution in [3.8, 4) is 22.6 Å². The summed E-state index contributed by atoms with van der Waals surface area (Å²) in [4.78, 5) is 23.0. The minimum Gasteiger partial charge on any atom is -0.490 e. The second kappa shape index (κ2) is 13.2. The van der Waals surface area contributed by atoms with Gasteiger partial charge in [-0.05, 0) is 26.0 Å². The molecule has 0 aromatic heterocycles. The van der Waals surface area contributed by atoms with Gasteiger partial charge in [-0.3, -0.25) is 0 Å². The van der Waals surface area contributed by atoms with Crippen LogP contribution in [0, 0.1) is 0 Å². The number of para-hydroxylation sites is 2. The van der Waals surface area contributed by atoms with E-state index in [1.165, 1.54) is 13.8 Å². The fraction of sp³-hybridized carbons (Fsp3) is 0.308. The summed E-state index contributed by atoms with van der Waals surface area (Å²) >= 11 is 0. The minimum absolute atomic E-state index is 0.101. The molecule has 0 amide bonds. The highest BCUT2D eigenvalue weighted by Crippen LogP contribution is 2.36. The van der Waals surface area contributed by atoms with Gasteiger partial charge in [-0.1, -0.05) is 49.6 Å². The Morgan fingerprint density at radius 3 is 1.41 bits per heavy atom. The molecule has 0 bridgehead atoms. The lowest BCUT2D eigenvalue weighted by Gasteiger charge is -2.18. The Labute approximate surface area is 199 Å². The molecule has 0 aliphatic heterocycles. The molecule has 182 valence electrons. The van der Waals surface area contributed by atoms with Gasteiger partial charge in [0.15, 0.2) is 0 Å². The number of rotatable bonds is 13. The summed E-state index contributed by atoms with van der Waals surface area (Å²) in [6, 6.07) is 14.4. The number of hydrogen-bond donors (Lipinski definition) is 2. The molecule has 34 heavy (non-hydrogen) atoms. The Hall–Kier alpha value is -3.62. The molecule has 2 atom stereocenters. The SMILES string of the molecule is C=C(C)C(=O)OCC(O)COc1ccccc1-c1ccccc1OCC(O)COC(=O)C(=C)C. The van der Waals surface area contributed by atoms with Gasteiger partial charge in [-0.2, -0.15) is 0 Å². The van der Waals surface area contributed by atoms with E-state index in [0.29, 0.717) is 22.6 Å². The smallest absolute Gasteiger partial charge is 0.333 e. The number of esters is 2. The van der Waals surface area contributed by atoms with Crippen molar-refractivity contribution in [2.24, 2.45) is 0 Å². The largest absolute Gasteiger partial charge is 0.490 e. The number of benzene rings is 2. The van der Waals surface area contributed by atoms with Crippen molar-refractivity contribution in [3.05, 3.63) is 72.8 Å². The summed E-state index contributed by atoms with van der Waals surface area (Å²) < 4.78 is 21.4. The second-order valence-corrected chi connectivity index (χ2v) is 7.68. The standard InChI is InChI=1S/C26H30O8/c1-17(2)25(29)33-15-19(27)13-31-23-11-7-5-9-21(23)22-10-6-8-12-24(22)32-14-20(28)16-34-26(30)18(3)4/h5-12,19-20,27-28H,1,3,13-16H2,2,4H3. The Morgan fingerprint density at radius 2 is 1.06 bits per heavy atom. The number of carbonyl (C=O) groups excluding carboxylic acids is 2. The van der Waals surface area contributed by atoms with Crippen LogP contribution in [0.15, 0.2) is 72.8 Å². The topological polar surface area (TPSA) is 112 Å². The summed E-state index contributed by atoms with van der Waals surface area (Å²) in [5, 5.41) is 20.2. The summed E-state index contributed by atoms with van der Waals surface area (Å²) in [6.45, 7) is 9.38. The quantitative estimate of drug-likeness (QED) is 0.339. The Balaban J connectivity index is 2.04. The van der Waals surface area contributed by atoms with Crippen molar-refractivity contribution in [2.75, 3.05) is 26.4 Å². The molecule has 2 rings (SSSR count). The first-order valence-corrected chi connectivity index (χ1v) is 10.6. The molecular formula is C26H30O8. The van der Waals surface area contributed by atoms with Crippen molar-refractivity contribution < 1.29 is 38.7 Å². The first-order chi connectivity index (χ1) is 16.2. The maximum Gasteiger partial charge on any atom is 0.333 e. The van der Waals surface area contributed by atoms with E-state index in [-0.39, 0.29) is 37.6 Å². The minimum atomic E-state index is -1.03. The molecular weight excluding hydrogens is 440 g/mol. The van der Waals surface area contributed by atoms with E-state index in [1.807, 2.05) is 24.3 Å². The Bertz CT molecular complexity index is 932. The van der Waals surface area contributed by atoms with Crippen LogP contribution >= 0.6 is 0 Å². The molecule has 0 saturated heterocycles. The van der Waals surface area contributed by atoms with Crippen molar-refractivity contribution in [2.45, 2.75) is 26.1 Å². The fourth-order valence-electron chi connectivity index (χ4n) is 2.69. The van der Waals surface area contributed by atoms with Crippen LogP contribution < -0.4 is 9.47 Å². The van der Waals surface area contributed by atoms with Gasteiger partial charge in [0.25, 0.3) is 0 Å². The predicted molar refractivity (Wildman–Crippen MR) is 126 cm³/mol. The predicted octanol–water partition coefficient (Wildman–Crippen LogP) is 3.07. The number of ether oxygens (including phenoxy) is 4. The lowest BCUT2D eigenvalue weighted by molar-refractivity contribution is -0.143. The second-order valence-electron chi connectivity index (χ2n) is 7.68. The van der Waals surface area contributed by atoms with Crippen LogP contribution in [0.5, 0.6) is 11.5 Å². The highest BCUT2D eigenvalue weighted by Gasteiger charge is 2.16. The molecule has 2 aromatic carbocycles. The number of carbonyl (C=O) groups is 2. The van der Waals surface area contributed by atoms with E-state index >= 15 is 0 Å². The lowest BCUT2D eigenvalue weighted by atomic mass is 10.0. The lowest BCUT2D eigenvalue weighted by Crippen LogP contribution is -2.25. The van der Waals surface area contributed by atoms with Crippen LogP contribution in [0.2, 0.25) is 0 Å². The van der Waals surface area contributed by atoms with Crippen LogP contribution in [0.4, 0.5) is 0 Å². The summed E-state index contributed by atoms with van der Waals surface area (Å²) in [5.74, 6) is -0.191. The molecule has 2 N–H and O–H groups in total. The van der Waals surface area contributed by atoms with Crippen molar-refractivity contribution in [1.29, 1.82) is 0 Å². The molecule has 2 unspecified atom stereocenters. The molecule has 8 nitrogen and oxygen atoms in total. The van der Waals surface area contributed by atoms with E-state index in [4.69, 9.17) is 18.9 Å². The van der Waals surface area contributed by atoms with Crippen molar-refractivity contribution >= 4 is 11.9 Å². The van der Waals surface area contributed by atoms with Gasteiger partial charge >= 0.3 is 11.9 Å².